The summed E-state index contributed by atoms with van der Waals surface area (Å²) in [7, 11) is 0. The van der Waals surface area contributed by atoms with Crippen molar-refractivity contribution in [2.45, 2.75) is 111 Å². The van der Waals surface area contributed by atoms with Gasteiger partial charge in [0.05, 0.1) is 12.0 Å². The van der Waals surface area contributed by atoms with Crippen LogP contribution < -0.4 is 0 Å². The van der Waals surface area contributed by atoms with Crippen LogP contribution in [0.25, 0.3) is 0 Å². The number of hydrogen-bond acceptors (Lipinski definition) is 2. The second-order valence-corrected chi connectivity index (χ2v) is 9.16. The van der Waals surface area contributed by atoms with Crippen LogP contribution in [0.3, 0.4) is 0 Å². The smallest absolute Gasteiger partial charge is 0.311 e. The van der Waals surface area contributed by atoms with E-state index in [1.165, 1.54) is 64.2 Å². The van der Waals surface area contributed by atoms with E-state index in [1.54, 1.807) is 0 Å². The Labute approximate surface area is 156 Å². The molecule has 146 valence electrons. The van der Waals surface area contributed by atoms with E-state index in [-0.39, 0.29) is 11.4 Å². The lowest BCUT2D eigenvalue weighted by Crippen LogP contribution is -2.36. The fraction of sp³-hybridized carbons (Fsp3) is 0.957. The Balaban J connectivity index is 1.69. The zero-order valence-electron chi connectivity index (χ0n) is 17.2. The fourth-order valence-corrected chi connectivity index (χ4v) is 5.09. The Bertz CT molecular complexity index is 374. The molecule has 0 unspecified atom stereocenters. The number of carbonyl (C=O) groups is 1. The van der Waals surface area contributed by atoms with Gasteiger partial charge < -0.3 is 4.74 Å². The molecule has 2 heteroatoms. The third-order valence-electron chi connectivity index (χ3n) is 7.13. The van der Waals surface area contributed by atoms with E-state index in [9.17, 15) is 4.79 Å². The quantitative estimate of drug-likeness (QED) is 0.333. The molecule has 0 aromatic carbocycles. The zero-order valence-corrected chi connectivity index (χ0v) is 17.2. The summed E-state index contributed by atoms with van der Waals surface area (Å²) in [5, 5.41) is 0. The van der Waals surface area contributed by atoms with Crippen molar-refractivity contribution in [1.29, 1.82) is 0 Å². The summed E-state index contributed by atoms with van der Waals surface area (Å²) in [6, 6.07) is 0. The molecule has 2 nitrogen and oxygen atoms in total. The number of esters is 1. The summed E-state index contributed by atoms with van der Waals surface area (Å²) in [6.45, 7) is 7.25. The van der Waals surface area contributed by atoms with Crippen LogP contribution in [0.2, 0.25) is 0 Å². The zero-order chi connectivity index (χ0) is 18.1. The molecule has 2 aliphatic rings. The maximum absolute atomic E-state index is 12.5. The third-order valence-corrected chi connectivity index (χ3v) is 7.13. The van der Waals surface area contributed by atoms with Crippen molar-refractivity contribution < 1.29 is 9.53 Å². The van der Waals surface area contributed by atoms with E-state index in [0.717, 1.165) is 43.4 Å². The highest BCUT2D eigenvalue weighted by molar-refractivity contribution is 5.76. The van der Waals surface area contributed by atoms with Crippen molar-refractivity contribution >= 4 is 5.97 Å². The Kier molecular flexibility index (Phi) is 8.79. The van der Waals surface area contributed by atoms with Crippen LogP contribution in [0.1, 0.15) is 111 Å². The summed E-state index contributed by atoms with van der Waals surface area (Å²) in [5.74, 6) is 2.88. The molecule has 0 amide bonds. The standard InChI is InChI=1S/C23H42O2/c1-4-6-8-18-25-22(24)23(3)16-14-21(15-17-23)20-12-10-19(11-13-20)9-7-5-2/h19-21H,4-18H2,1-3H3. The van der Waals surface area contributed by atoms with Crippen molar-refractivity contribution in [2.24, 2.45) is 23.2 Å². The van der Waals surface area contributed by atoms with Crippen molar-refractivity contribution in [3.05, 3.63) is 0 Å². The summed E-state index contributed by atoms with van der Waals surface area (Å²) in [6.07, 6.45) is 17.9. The molecule has 2 fully saturated rings. The van der Waals surface area contributed by atoms with E-state index in [4.69, 9.17) is 4.74 Å². The topological polar surface area (TPSA) is 26.3 Å². The van der Waals surface area contributed by atoms with Gasteiger partial charge in [0.25, 0.3) is 0 Å². The summed E-state index contributed by atoms with van der Waals surface area (Å²) in [4.78, 5) is 12.5. The number of carbonyl (C=O) groups excluding carboxylic acids is 1. The van der Waals surface area contributed by atoms with Crippen LogP contribution in [0.15, 0.2) is 0 Å². The molecule has 2 rings (SSSR count). The van der Waals surface area contributed by atoms with Crippen LogP contribution in [0, 0.1) is 23.2 Å². The number of ether oxygens (including phenoxy) is 1. The molecule has 0 N–H and O–H groups in total. The van der Waals surface area contributed by atoms with Gasteiger partial charge >= 0.3 is 5.97 Å². The lowest BCUT2D eigenvalue weighted by Gasteiger charge is -2.41. The minimum atomic E-state index is -0.207. The van der Waals surface area contributed by atoms with Gasteiger partial charge in [0.2, 0.25) is 0 Å². The summed E-state index contributed by atoms with van der Waals surface area (Å²) in [5.41, 5.74) is -0.207. The summed E-state index contributed by atoms with van der Waals surface area (Å²) >= 11 is 0. The van der Waals surface area contributed by atoms with Gasteiger partial charge in [-0.25, -0.2) is 0 Å². The largest absolute Gasteiger partial charge is 0.465 e. The van der Waals surface area contributed by atoms with Crippen LogP contribution in [0.4, 0.5) is 0 Å². The van der Waals surface area contributed by atoms with Crippen LogP contribution in [0.5, 0.6) is 0 Å². The molecule has 2 saturated carbocycles. The molecule has 0 aliphatic heterocycles. The minimum Gasteiger partial charge on any atom is -0.465 e. The first-order valence-electron chi connectivity index (χ1n) is 11.3. The van der Waals surface area contributed by atoms with E-state index < -0.39 is 0 Å². The third kappa shape index (κ3) is 6.29. The maximum atomic E-state index is 12.5. The molecular formula is C23H42O2. The van der Waals surface area contributed by atoms with Gasteiger partial charge in [0, 0.05) is 0 Å². The van der Waals surface area contributed by atoms with E-state index in [2.05, 4.69) is 20.8 Å². The van der Waals surface area contributed by atoms with Crippen molar-refractivity contribution in [2.75, 3.05) is 6.61 Å². The number of rotatable bonds is 9. The van der Waals surface area contributed by atoms with Gasteiger partial charge in [-0.1, -0.05) is 58.8 Å². The first-order valence-corrected chi connectivity index (χ1v) is 11.3. The van der Waals surface area contributed by atoms with Gasteiger partial charge in [0.1, 0.15) is 0 Å². The Morgan fingerprint density at radius 1 is 0.880 bits per heavy atom. The van der Waals surface area contributed by atoms with Gasteiger partial charge in [-0.05, 0) is 69.6 Å². The van der Waals surface area contributed by atoms with Crippen LogP contribution in [-0.4, -0.2) is 12.6 Å². The van der Waals surface area contributed by atoms with Crippen molar-refractivity contribution in [3.8, 4) is 0 Å². The monoisotopic (exact) mass is 350 g/mol. The van der Waals surface area contributed by atoms with Crippen molar-refractivity contribution in [1.82, 2.24) is 0 Å². The number of unbranched alkanes of at least 4 members (excludes halogenated alkanes) is 3. The van der Waals surface area contributed by atoms with Gasteiger partial charge in [-0.3, -0.25) is 4.79 Å². The average molecular weight is 351 g/mol. The molecule has 0 saturated heterocycles. The normalized spacial score (nSPS) is 33.2. The summed E-state index contributed by atoms with van der Waals surface area (Å²) < 4.78 is 5.58. The Hall–Kier alpha value is -0.530. The maximum Gasteiger partial charge on any atom is 0.311 e. The highest BCUT2D eigenvalue weighted by Crippen LogP contribution is 2.46. The highest BCUT2D eigenvalue weighted by Gasteiger charge is 2.41. The lowest BCUT2D eigenvalue weighted by molar-refractivity contribution is -0.158. The molecule has 2 aliphatic carbocycles. The Morgan fingerprint density at radius 2 is 1.48 bits per heavy atom. The molecule has 0 aromatic rings. The molecule has 25 heavy (non-hydrogen) atoms. The molecule has 0 bridgehead atoms. The van der Waals surface area contributed by atoms with Crippen molar-refractivity contribution in [3.63, 3.8) is 0 Å². The first kappa shape index (κ1) is 20.8. The highest BCUT2D eigenvalue weighted by atomic mass is 16.5. The molecular weight excluding hydrogens is 308 g/mol. The number of hydrogen-bond donors (Lipinski definition) is 0. The molecule has 0 radical (unpaired) electrons. The van der Waals surface area contributed by atoms with Crippen LogP contribution in [-0.2, 0) is 9.53 Å². The second-order valence-electron chi connectivity index (χ2n) is 9.16. The molecule has 0 heterocycles. The van der Waals surface area contributed by atoms with E-state index in [1.807, 2.05) is 0 Å². The SMILES string of the molecule is CCCCCOC(=O)C1(C)CCC(C2CCC(CCCC)CC2)CC1. The minimum absolute atomic E-state index is 0.0744. The second kappa shape index (κ2) is 10.6. The van der Waals surface area contributed by atoms with E-state index in [0.29, 0.717) is 6.61 Å². The lowest BCUT2D eigenvalue weighted by atomic mass is 9.65. The average Bonchev–Trinajstić information content (AvgIpc) is 2.64. The van der Waals surface area contributed by atoms with Gasteiger partial charge in [-0.2, -0.15) is 0 Å². The van der Waals surface area contributed by atoms with Gasteiger partial charge in [-0.15, -0.1) is 0 Å². The van der Waals surface area contributed by atoms with Crippen LogP contribution >= 0.6 is 0 Å². The predicted octanol–water partition coefficient (Wildman–Crippen LogP) is 6.91. The van der Waals surface area contributed by atoms with E-state index >= 15 is 0 Å². The molecule has 0 atom stereocenters. The Morgan fingerprint density at radius 3 is 2.08 bits per heavy atom. The predicted molar refractivity (Wildman–Crippen MR) is 106 cm³/mol. The fourth-order valence-electron chi connectivity index (χ4n) is 5.09. The molecule has 0 aromatic heterocycles. The van der Waals surface area contributed by atoms with Gasteiger partial charge in [0.15, 0.2) is 0 Å². The first-order chi connectivity index (χ1) is 12.1. The molecule has 0 spiro atoms.